The van der Waals surface area contributed by atoms with E-state index in [1.807, 2.05) is 18.2 Å². The number of methoxy groups -OCH3 is 1. The van der Waals surface area contributed by atoms with Crippen LogP contribution >= 0.6 is 0 Å². The SMILES string of the molecule is COc1ccc2c(c1)CCC(C(=O)Nc1ccc(C(=O)O)nc1)C2. The minimum atomic E-state index is -1.09. The fourth-order valence-corrected chi connectivity index (χ4v) is 2.92. The minimum absolute atomic E-state index is 0.0476. The first-order valence-corrected chi connectivity index (χ1v) is 7.73. The molecule has 24 heavy (non-hydrogen) atoms. The van der Waals surface area contributed by atoms with E-state index in [0.717, 1.165) is 18.6 Å². The molecule has 3 rings (SSSR count). The molecule has 1 aromatic carbocycles. The fraction of sp³-hybridized carbons (Fsp3) is 0.278. The van der Waals surface area contributed by atoms with Crippen molar-refractivity contribution in [3.05, 3.63) is 53.3 Å². The van der Waals surface area contributed by atoms with Crippen molar-refractivity contribution in [2.75, 3.05) is 12.4 Å². The Labute approximate surface area is 139 Å². The summed E-state index contributed by atoms with van der Waals surface area (Å²) in [5.74, 6) is -0.431. The second-order valence-corrected chi connectivity index (χ2v) is 5.80. The molecular formula is C18H18N2O4. The lowest BCUT2D eigenvalue weighted by molar-refractivity contribution is -0.120. The van der Waals surface area contributed by atoms with Crippen LogP contribution in [0.1, 0.15) is 28.0 Å². The van der Waals surface area contributed by atoms with E-state index < -0.39 is 5.97 Å². The van der Waals surface area contributed by atoms with Gasteiger partial charge < -0.3 is 15.2 Å². The molecule has 0 spiro atoms. The van der Waals surface area contributed by atoms with Gasteiger partial charge in [-0.15, -0.1) is 0 Å². The van der Waals surface area contributed by atoms with Crippen LogP contribution in [0.5, 0.6) is 5.75 Å². The highest BCUT2D eigenvalue weighted by Crippen LogP contribution is 2.29. The van der Waals surface area contributed by atoms with E-state index in [9.17, 15) is 9.59 Å². The number of fused-ring (bicyclic) bond motifs is 1. The lowest BCUT2D eigenvalue weighted by Crippen LogP contribution is -2.28. The summed E-state index contributed by atoms with van der Waals surface area (Å²) < 4.78 is 5.23. The number of nitrogens with one attached hydrogen (secondary N) is 1. The van der Waals surface area contributed by atoms with E-state index in [4.69, 9.17) is 9.84 Å². The second kappa shape index (κ2) is 6.70. The van der Waals surface area contributed by atoms with Gasteiger partial charge in [0.15, 0.2) is 0 Å². The van der Waals surface area contributed by atoms with E-state index in [1.54, 1.807) is 13.2 Å². The Kier molecular flexibility index (Phi) is 4.46. The largest absolute Gasteiger partial charge is 0.497 e. The fourth-order valence-electron chi connectivity index (χ4n) is 2.92. The number of carbonyl (C=O) groups is 2. The molecule has 0 saturated carbocycles. The van der Waals surface area contributed by atoms with Crippen molar-refractivity contribution in [3.63, 3.8) is 0 Å². The summed E-state index contributed by atoms with van der Waals surface area (Å²) in [4.78, 5) is 27.0. The standard InChI is InChI=1S/C18H18N2O4/c1-24-15-6-4-11-8-13(3-2-12(11)9-15)17(21)20-14-5-7-16(18(22)23)19-10-14/h4-7,9-10,13H,2-3,8H2,1H3,(H,20,21)(H,22,23). The summed E-state index contributed by atoms with van der Waals surface area (Å²) in [7, 11) is 1.64. The number of aromatic carboxylic acids is 1. The molecule has 0 saturated heterocycles. The van der Waals surface area contributed by atoms with Gasteiger partial charge in [-0.3, -0.25) is 4.79 Å². The predicted molar refractivity (Wildman–Crippen MR) is 88.3 cm³/mol. The van der Waals surface area contributed by atoms with Gasteiger partial charge in [-0.25, -0.2) is 9.78 Å². The summed E-state index contributed by atoms with van der Waals surface area (Å²) >= 11 is 0. The van der Waals surface area contributed by atoms with Crippen LogP contribution in [0.3, 0.4) is 0 Å². The highest BCUT2D eigenvalue weighted by atomic mass is 16.5. The highest BCUT2D eigenvalue weighted by molar-refractivity contribution is 5.93. The number of hydrogen-bond acceptors (Lipinski definition) is 4. The lowest BCUT2D eigenvalue weighted by Gasteiger charge is -2.24. The molecule has 1 aliphatic rings. The van der Waals surface area contributed by atoms with Crippen molar-refractivity contribution in [2.45, 2.75) is 19.3 Å². The monoisotopic (exact) mass is 326 g/mol. The molecule has 1 aromatic heterocycles. The summed E-state index contributed by atoms with van der Waals surface area (Å²) in [5, 5.41) is 11.6. The van der Waals surface area contributed by atoms with Crippen molar-refractivity contribution in [1.29, 1.82) is 0 Å². The topological polar surface area (TPSA) is 88.5 Å². The van der Waals surface area contributed by atoms with E-state index in [0.29, 0.717) is 12.1 Å². The third-order valence-corrected chi connectivity index (χ3v) is 4.26. The maximum atomic E-state index is 12.4. The van der Waals surface area contributed by atoms with Crippen LogP contribution < -0.4 is 10.1 Å². The third-order valence-electron chi connectivity index (χ3n) is 4.26. The smallest absolute Gasteiger partial charge is 0.354 e. The zero-order valence-corrected chi connectivity index (χ0v) is 13.3. The van der Waals surface area contributed by atoms with Crippen molar-refractivity contribution >= 4 is 17.6 Å². The Bertz CT molecular complexity index is 771. The van der Waals surface area contributed by atoms with Gasteiger partial charge in [0.05, 0.1) is 19.0 Å². The second-order valence-electron chi connectivity index (χ2n) is 5.80. The molecule has 1 unspecified atom stereocenters. The number of benzene rings is 1. The predicted octanol–water partition coefficient (Wildman–Crippen LogP) is 2.53. The number of carboxylic acids is 1. The molecule has 0 radical (unpaired) electrons. The molecule has 0 fully saturated rings. The molecule has 6 heteroatoms. The number of hydrogen-bond donors (Lipinski definition) is 2. The Morgan fingerprint density at radius 1 is 1.25 bits per heavy atom. The molecule has 1 atom stereocenters. The molecule has 124 valence electrons. The van der Waals surface area contributed by atoms with Crippen LogP contribution in [0.15, 0.2) is 36.5 Å². The molecule has 0 aliphatic heterocycles. The molecule has 1 amide bonds. The normalized spacial score (nSPS) is 16.1. The van der Waals surface area contributed by atoms with Gasteiger partial charge in [0.25, 0.3) is 0 Å². The molecule has 1 aliphatic carbocycles. The number of ether oxygens (including phenoxy) is 1. The number of rotatable bonds is 4. The van der Waals surface area contributed by atoms with E-state index in [1.165, 1.54) is 23.4 Å². The summed E-state index contributed by atoms with van der Waals surface area (Å²) in [6.07, 6.45) is 3.66. The number of anilines is 1. The van der Waals surface area contributed by atoms with Crippen molar-refractivity contribution < 1.29 is 19.4 Å². The molecule has 2 N–H and O–H groups in total. The van der Waals surface area contributed by atoms with Crippen LogP contribution in [0.25, 0.3) is 0 Å². The Morgan fingerprint density at radius 2 is 2.08 bits per heavy atom. The molecule has 1 heterocycles. The molecular weight excluding hydrogens is 308 g/mol. The van der Waals surface area contributed by atoms with Crippen molar-refractivity contribution in [2.24, 2.45) is 5.92 Å². The lowest BCUT2D eigenvalue weighted by atomic mass is 9.83. The van der Waals surface area contributed by atoms with Gasteiger partial charge in [0, 0.05) is 5.92 Å². The first-order chi connectivity index (χ1) is 11.6. The van der Waals surface area contributed by atoms with Crippen LogP contribution in [0.4, 0.5) is 5.69 Å². The highest BCUT2D eigenvalue weighted by Gasteiger charge is 2.25. The Hall–Kier alpha value is -2.89. The molecule has 6 nitrogen and oxygen atoms in total. The average molecular weight is 326 g/mol. The zero-order chi connectivity index (χ0) is 17.1. The van der Waals surface area contributed by atoms with Gasteiger partial charge in [0.2, 0.25) is 5.91 Å². The number of amides is 1. The van der Waals surface area contributed by atoms with Crippen molar-refractivity contribution in [1.82, 2.24) is 4.98 Å². The number of aromatic nitrogens is 1. The summed E-state index contributed by atoms with van der Waals surface area (Å²) in [5.41, 5.74) is 2.85. The summed E-state index contributed by atoms with van der Waals surface area (Å²) in [6.45, 7) is 0. The molecule has 0 bridgehead atoms. The third kappa shape index (κ3) is 3.37. The zero-order valence-electron chi connectivity index (χ0n) is 13.3. The number of nitrogens with zero attached hydrogens (tertiary/aromatic N) is 1. The van der Waals surface area contributed by atoms with Gasteiger partial charge in [0.1, 0.15) is 11.4 Å². The van der Waals surface area contributed by atoms with Crippen molar-refractivity contribution in [3.8, 4) is 5.75 Å². The summed E-state index contributed by atoms with van der Waals surface area (Å²) in [6, 6.07) is 8.87. The average Bonchev–Trinajstić information content (AvgIpc) is 2.61. The van der Waals surface area contributed by atoms with E-state index in [2.05, 4.69) is 10.3 Å². The number of pyridine rings is 1. The van der Waals surface area contributed by atoms with E-state index in [-0.39, 0.29) is 17.5 Å². The van der Waals surface area contributed by atoms with E-state index >= 15 is 0 Å². The first-order valence-electron chi connectivity index (χ1n) is 7.73. The van der Waals surface area contributed by atoms with Gasteiger partial charge >= 0.3 is 5.97 Å². The Morgan fingerprint density at radius 3 is 2.75 bits per heavy atom. The number of carbonyl (C=O) groups excluding carboxylic acids is 1. The number of carboxylic acid groups (broad SMARTS) is 1. The van der Waals surface area contributed by atoms with Crippen LogP contribution in [-0.4, -0.2) is 29.1 Å². The number of aryl methyl sites for hydroxylation is 1. The molecule has 2 aromatic rings. The van der Waals surface area contributed by atoms with Gasteiger partial charge in [-0.2, -0.15) is 0 Å². The Balaban J connectivity index is 1.66. The van der Waals surface area contributed by atoms with Gasteiger partial charge in [-0.1, -0.05) is 6.07 Å². The quantitative estimate of drug-likeness (QED) is 0.901. The maximum Gasteiger partial charge on any atom is 0.354 e. The maximum absolute atomic E-state index is 12.4. The van der Waals surface area contributed by atoms with Gasteiger partial charge in [-0.05, 0) is 54.7 Å². The van der Waals surface area contributed by atoms with Crippen LogP contribution in [0, 0.1) is 5.92 Å². The van der Waals surface area contributed by atoms with Crippen LogP contribution in [0.2, 0.25) is 0 Å². The first kappa shape index (κ1) is 16.0. The van der Waals surface area contributed by atoms with Crippen LogP contribution in [-0.2, 0) is 17.6 Å². The minimum Gasteiger partial charge on any atom is -0.497 e.